The molecule has 198 valence electrons. The van der Waals surface area contributed by atoms with Gasteiger partial charge in [-0.05, 0) is 38.3 Å². The van der Waals surface area contributed by atoms with Crippen LogP contribution in [0.15, 0.2) is 28.4 Å². The Morgan fingerprint density at radius 3 is 2.57 bits per heavy atom. The van der Waals surface area contributed by atoms with Crippen molar-refractivity contribution in [3.63, 3.8) is 0 Å². The van der Waals surface area contributed by atoms with Crippen LogP contribution in [0.4, 0.5) is 13.2 Å². The van der Waals surface area contributed by atoms with Gasteiger partial charge in [0.25, 0.3) is 5.56 Å². The fourth-order valence-corrected chi connectivity index (χ4v) is 4.34. The third-order valence-corrected chi connectivity index (χ3v) is 6.29. The number of methoxy groups -OCH3 is 1. The van der Waals surface area contributed by atoms with Gasteiger partial charge in [-0.25, -0.2) is 19.9 Å². The van der Waals surface area contributed by atoms with Gasteiger partial charge in [0.1, 0.15) is 22.7 Å². The number of H-pyrrole nitrogens is 1. The molecule has 3 aromatic rings. The standard InChI is InChI=1S/C24H22F3N5O3.C2H6.H2/c1-11-6-15(10-28-22(11)33)17-9-13(4-5-35-17)20-30-18(14-7-16(8-14)24(25,26)27)19-21(32-20)29-12(2)23(31-19)34-3;1-2;/h6,10,13,17H,4-5,7,9H2,1-3H3,(H,28,33);1-2H3;1H. The third-order valence-electron chi connectivity index (χ3n) is 6.29. The van der Waals surface area contributed by atoms with Crippen LogP contribution >= 0.6 is 0 Å². The minimum absolute atomic E-state index is 0. The van der Waals surface area contributed by atoms with Gasteiger partial charge in [0.15, 0.2) is 5.65 Å². The van der Waals surface area contributed by atoms with E-state index in [1.165, 1.54) is 7.11 Å². The summed E-state index contributed by atoms with van der Waals surface area (Å²) in [7, 11) is 1.45. The average Bonchev–Trinajstić information content (AvgIpc) is 2.84. The Bertz CT molecular complexity index is 1460. The Kier molecular flexibility index (Phi) is 7.47. The minimum atomic E-state index is -4.43. The van der Waals surface area contributed by atoms with E-state index in [1.807, 2.05) is 13.8 Å². The topological polar surface area (TPSA) is 103 Å². The molecule has 0 saturated carbocycles. The fourth-order valence-electron chi connectivity index (χ4n) is 4.34. The smallest absolute Gasteiger partial charge is 0.420 e. The van der Waals surface area contributed by atoms with Gasteiger partial charge in [-0.1, -0.05) is 13.8 Å². The van der Waals surface area contributed by atoms with Crippen molar-refractivity contribution in [1.29, 1.82) is 0 Å². The normalized spacial score (nSPS) is 19.4. The molecular formula is C26H30F3N5O3. The molecule has 1 saturated heterocycles. The van der Waals surface area contributed by atoms with Crippen molar-refractivity contribution in [2.24, 2.45) is 0 Å². The van der Waals surface area contributed by atoms with E-state index in [0.29, 0.717) is 47.8 Å². The maximum absolute atomic E-state index is 13.1. The maximum atomic E-state index is 13.1. The summed E-state index contributed by atoms with van der Waals surface area (Å²) in [6, 6.07) is 1.79. The average molecular weight is 518 g/mol. The number of nitrogens with one attached hydrogen (secondary N) is 1. The molecule has 1 N–H and O–H groups in total. The lowest BCUT2D eigenvalue weighted by Crippen LogP contribution is -2.22. The summed E-state index contributed by atoms with van der Waals surface area (Å²) in [5, 5.41) is 0. The molecule has 0 spiro atoms. The van der Waals surface area contributed by atoms with Gasteiger partial charge in [-0.3, -0.25) is 4.79 Å². The van der Waals surface area contributed by atoms with Crippen LogP contribution in [0.2, 0.25) is 0 Å². The molecule has 1 aliphatic carbocycles. The first-order valence-electron chi connectivity index (χ1n) is 12.1. The molecule has 3 aromatic heterocycles. The van der Waals surface area contributed by atoms with Crippen molar-refractivity contribution < 1.29 is 24.1 Å². The van der Waals surface area contributed by atoms with Crippen LogP contribution in [0.25, 0.3) is 16.7 Å². The highest BCUT2D eigenvalue weighted by Crippen LogP contribution is 2.41. The SMILES string of the molecule is CC.COc1nc2c(C3=C=C(C(F)(F)F)C3)nc(C3CCOC(c4c[nH]c(=O)c(C)c4)C3)nc2nc1C.[HH]. The minimum Gasteiger partial charge on any atom is -0.480 e. The third kappa shape index (κ3) is 5.28. The largest absolute Gasteiger partial charge is 0.480 e. The Labute approximate surface area is 213 Å². The fraction of sp³-hybridized carbons (Fsp3) is 0.462. The molecule has 8 nitrogen and oxygen atoms in total. The van der Waals surface area contributed by atoms with Gasteiger partial charge in [0.05, 0.1) is 18.8 Å². The monoisotopic (exact) mass is 517 g/mol. The molecule has 2 atom stereocenters. The Morgan fingerprint density at radius 1 is 1.19 bits per heavy atom. The van der Waals surface area contributed by atoms with E-state index in [9.17, 15) is 18.0 Å². The number of rotatable bonds is 4. The molecule has 0 radical (unpaired) electrons. The summed E-state index contributed by atoms with van der Waals surface area (Å²) < 4.78 is 50.4. The second-order valence-corrected chi connectivity index (χ2v) is 8.70. The Morgan fingerprint density at radius 2 is 1.92 bits per heavy atom. The van der Waals surface area contributed by atoms with Crippen molar-refractivity contribution in [3.8, 4) is 5.88 Å². The number of aryl methyl sites for hydroxylation is 2. The van der Waals surface area contributed by atoms with E-state index in [0.717, 1.165) is 5.56 Å². The maximum Gasteiger partial charge on any atom is 0.420 e. The number of hydrogen-bond acceptors (Lipinski definition) is 7. The molecule has 5 rings (SSSR count). The summed E-state index contributed by atoms with van der Waals surface area (Å²) in [4.78, 5) is 32.7. The first-order valence-corrected chi connectivity index (χ1v) is 12.1. The van der Waals surface area contributed by atoms with Crippen LogP contribution in [0, 0.1) is 13.8 Å². The van der Waals surface area contributed by atoms with Crippen molar-refractivity contribution in [1.82, 2.24) is 24.9 Å². The van der Waals surface area contributed by atoms with Gasteiger partial charge >= 0.3 is 6.18 Å². The van der Waals surface area contributed by atoms with E-state index in [-0.39, 0.29) is 42.5 Å². The van der Waals surface area contributed by atoms with E-state index in [4.69, 9.17) is 9.47 Å². The lowest BCUT2D eigenvalue weighted by Gasteiger charge is -2.29. The van der Waals surface area contributed by atoms with Crippen molar-refractivity contribution in [2.75, 3.05) is 13.7 Å². The summed E-state index contributed by atoms with van der Waals surface area (Å²) in [5.74, 6) is 0.602. The molecular weight excluding hydrogens is 487 g/mol. The van der Waals surface area contributed by atoms with Crippen LogP contribution in [0.5, 0.6) is 5.88 Å². The zero-order valence-corrected chi connectivity index (χ0v) is 21.3. The molecule has 1 fully saturated rings. The van der Waals surface area contributed by atoms with E-state index < -0.39 is 11.7 Å². The van der Waals surface area contributed by atoms with Crippen molar-refractivity contribution in [3.05, 3.63) is 62.3 Å². The summed E-state index contributed by atoms with van der Waals surface area (Å²) in [5.41, 5.74) is 4.62. The number of aromatic nitrogens is 5. The van der Waals surface area contributed by atoms with E-state index >= 15 is 0 Å². The van der Waals surface area contributed by atoms with E-state index in [2.05, 4.69) is 30.7 Å². The van der Waals surface area contributed by atoms with Gasteiger partial charge in [0.2, 0.25) is 5.88 Å². The van der Waals surface area contributed by atoms with Crippen LogP contribution in [0.1, 0.15) is 74.9 Å². The molecule has 0 amide bonds. The van der Waals surface area contributed by atoms with Gasteiger partial charge in [-0.15, -0.1) is 5.73 Å². The van der Waals surface area contributed by atoms with Crippen LogP contribution in [-0.2, 0) is 4.74 Å². The highest BCUT2D eigenvalue weighted by atomic mass is 19.4. The van der Waals surface area contributed by atoms with Crippen molar-refractivity contribution in [2.45, 2.75) is 65.2 Å². The number of alkyl halides is 3. The zero-order valence-electron chi connectivity index (χ0n) is 21.3. The number of hydrogen-bond donors (Lipinski definition) is 1. The van der Waals surface area contributed by atoms with Crippen LogP contribution in [0.3, 0.4) is 0 Å². The Hall–Kier alpha value is -3.56. The molecule has 37 heavy (non-hydrogen) atoms. The first-order chi connectivity index (χ1) is 17.6. The molecule has 11 heteroatoms. The number of ether oxygens (including phenoxy) is 2. The predicted octanol–water partition coefficient (Wildman–Crippen LogP) is 5.52. The highest BCUT2D eigenvalue weighted by Gasteiger charge is 2.39. The molecule has 4 heterocycles. The second-order valence-electron chi connectivity index (χ2n) is 8.70. The zero-order chi connectivity index (χ0) is 26.9. The summed E-state index contributed by atoms with van der Waals surface area (Å²) >= 11 is 0. The number of fused-ring (bicyclic) bond motifs is 1. The first kappa shape index (κ1) is 26.5. The molecule has 0 bridgehead atoms. The summed E-state index contributed by atoms with van der Waals surface area (Å²) in [6.07, 6.45) is -2.21. The molecule has 1 aliphatic heterocycles. The quantitative estimate of drug-likeness (QED) is 0.455. The lowest BCUT2D eigenvalue weighted by molar-refractivity contribution is -0.0934. The predicted molar refractivity (Wildman–Crippen MR) is 133 cm³/mol. The van der Waals surface area contributed by atoms with Crippen LogP contribution < -0.4 is 10.3 Å². The highest BCUT2D eigenvalue weighted by molar-refractivity contribution is 5.87. The molecule has 2 aliphatic rings. The Balaban J connectivity index is 0.00000130. The molecule has 2 unspecified atom stereocenters. The summed E-state index contributed by atoms with van der Waals surface area (Å²) in [6.45, 7) is 7.89. The van der Waals surface area contributed by atoms with E-state index in [1.54, 1.807) is 26.1 Å². The van der Waals surface area contributed by atoms with Gasteiger partial charge < -0.3 is 14.5 Å². The number of pyridine rings is 1. The number of halogens is 3. The van der Waals surface area contributed by atoms with Gasteiger partial charge in [-0.2, -0.15) is 13.2 Å². The number of allylic oxidation sites excluding steroid dienone is 1. The molecule has 0 aromatic carbocycles. The number of aromatic amines is 1. The second kappa shape index (κ2) is 10.4. The van der Waals surface area contributed by atoms with Crippen LogP contribution in [-0.4, -0.2) is 44.8 Å². The van der Waals surface area contributed by atoms with Gasteiger partial charge in [0, 0.05) is 37.7 Å². The lowest BCUT2D eigenvalue weighted by atomic mass is 9.90. The number of nitrogens with zero attached hydrogens (tertiary/aromatic N) is 4. The van der Waals surface area contributed by atoms with Crippen molar-refractivity contribution >= 4 is 16.7 Å².